The zero-order valence-corrected chi connectivity index (χ0v) is 19.5. The maximum absolute atomic E-state index is 14.2. The number of nitrogens with zero attached hydrogens (tertiary/aromatic N) is 1. The number of rotatable bonds is 3. The average molecular weight is 554 g/mol. The molecule has 196 valence electrons. The van der Waals surface area contributed by atoms with E-state index in [-0.39, 0.29) is 44.7 Å². The van der Waals surface area contributed by atoms with Crippen molar-refractivity contribution in [3.63, 3.8) is 0 Å². The second kappa shape index (κ2) is 8.98. The van der Waals surface area contributed by atoms with Gasteiger partial charge in [-0.3, -0.25) is 9.59 Å². The van der Waals surface area contributed by atoms with Crippen molar-refractivity contribution in [1.82, 2.24) is 10.2 Å². The molecule has 3 aromatic rings. The maximum atomic E-state index is 14.2. The van der Waals surface area contributed by atoms with Crippen molar-refractivity contribution in [2.24, 2.45) is 0 Å². The molecule has 3 aromatic carbocycles. The lowest BCUT2D eigenvalue weighted by Gasteiger charge is -2.28. The molecule has 5 rings (SSSR count). The van der Waals surface area contributed by atoms with E-state index in [0.29, 0.717) is 17.0 Å². The summed E-state index contributed by atoms with van der Waals surface area (Å²) in [5.41, 5.74) is -2.55. The van der Waals surface area contributed by atoms with Crippen LogP contribution in [-0.4, -0.2) is 29.7 Å². The van der Waals surface area contributed by atoms with Crippen LogP contribution < -0.4 is 16.0 Å². The van der Waals surface area contributed by atoms with Crippen LogP contribution in [0.25, 0.3) is 0 Å². The van der Waals surface area contributed by atoms with Crippen LogP contribution in [0.2, 0.25) is 5.02 Å². The number of halogens is 6. The summed E-state index contributed by atoms with van der Waals surface area (Å²) in [5, 5.41) is 7.31. The molecule has 0 radical (unpaired) electrons. The highest BCUT2D eigenvalue weighted by Gasteiger charge is 2.39. The van der Waals surface area contributed by atoms with Crippen LogP contribution in [0.15, 0.2) is 42.5 Å². The van der Waals surface area contributed by atoms with Gasteiger partial charge in [-0.15, -0.1) is 0 Å². The summed E-state index contributed by atoms with van der Waals surface area (Å²) >= 11 is 6.27. The van der Waals surface area contributed by atoms with Crippen LogP contribution in [0.4, 0.5) is 38.1 Å². The molecule has 0 unspecified atom stereocenters. The molecule has 1 atom stereocenters. The quantitative estimate of drug-likeness (QED) is 0.364. The topological polar surface area (TPSA) is 90.5 Å². The summed E-state index contributed by atoms with van der Waals surface area (Å²) < 4.78 is 90.8. The molecule has 13 heteroatoms. The molecule has 2 aliphatic heterocycles. The number of urea groups is 1. The summed E-state index contributed by atoms with van der Waals surface area (Å²) in [7, 11) is 0. The third-order valence-electron chi connectivity index (χ3n) is 6.05. The van der Waals surface area contributed by atoms with Gasteiger partial charge in [-0.2, -0.15) is 13.2 Å². The summed E-state index contributed by atoms with van der Waals surface area (Å²) in [4.78, 5) is 39.4. The van der Waals surface area contributed by atoms with Crippen molar-refractivity contribution in [3.8, 4) is 0 Å². The van der Waals surface area contributed by atoms with E-state index >= 15 is 0 Å². The molecule has 0 aromatic heterocycles. The number of fused-ring (bicyclic) bond motifs is 3. The van der Waals surface area contributed by atoms with E-state index in [0.717, 1.165) is 12.1 Å². The Kier molecular flexibility index (Phi) is 5.16. The first-order valence-electron chi connectivity index (χ1n) is 12.3. The van der Waals surface area contributed by atoms with Gasteiger partial charge < -0.3 is 20.9 Å². The lowest BCUT2D eigenvalue weighted by Crippen LogP contribution is -2.36. The Bertz CT molecular complexity index is 1650. The molecule has 4 amide bonds. The van der Waals surface area contributed by atoms with Crippen LogP contribution in [0.3, 0.4) is 0 Å². The van der Waals surface area contributed by atoms with Crippen LogP contribution in [0.5, 0.6) is 0 Å². The van der Waals surface area contributed by atoms with Gasteiger partial charge in [0.15, 0.2) is 0 Å². The van der Waals surface area contributed by atoms with Crippen LogP contribution >= 0.6 is 11.6 Å². The number of carbonyl (C=O) groups excluding carboxylic acids is 3. The van der Waals surface area contributed by atoms with Gasteiger partial charge in [0.2, 0.25) is 0 Å². The van der Waals surface area contributed by atoms with Crippen LogP contribution in [-0.2, 0) is 12.7 Å². The second-order valence-corrected chi connectivity index (χ2v) is 8.92. The zero-order valence-electron chi connectivity index (χ0n) is 21.8. The Morgan fingerprint density at radius 3 is 2.61 bits per heavy atom. The number of amides is 4. The molecule has 3 N–H and O–H groups in total. The smallest absolute Gasteiger partial charge is 0.341 e. The lowest BCUT2D eigenvalue weighted by atomic mass is 9.92. The highest BCUT2D eigenvalue weighted by molar-refractivity contribution is 6.31. The van der Waals surface area contributed by atoms with Crippen molar-refractivity contribution in [3.05, 3.63) is 92.5 Å². The van der Waals surface area contributed by atoms with Gasteiger partial charge >= 0.3 is 12.2 Å². The van der Waals surface area contributed by atoms with Crippen molar-refractivity contribution in [2.75, 3.05) is 17.6 Å². The molecule has 7 nitrogen and oxygen atoms in total. The van der Waals surface area contributed by atoms with E-state index in [1.165, 1.54) is 12.1 Å². The third-order valence-corrected chi connectivity index (χ3v) is 6.39. The summed E-state index contributed by atoms with van der Waals surface area (Å²) in [6, 6.07) is 3.47. The minimum absolute atomic E-state index is 0.0112. The summed E-state index contributed by atoms with van der Waals surface area (Å²) in [5.74, 6) is -4.06. The lowest BCUT2D eigenvalue weighted by molar-refractivity contribution is -0.137. The van der Waals surface area contributed by atoms with Crippen molar-refractivity contribution in [1.29, 1.82) is 0 Å². The number of carbonyl (C=O) groups is 3. The van der Waals surface area contributed by atoms with Crippen LogP contribution in [0.1, 0.15) is 53.1 Å². The molecule has 0 fully saturated rings. The van der Waals surface area contributed by atoms with Gasteiger partial charge in [0, 0.05) is 45.0 Å². The Labute approximate surface area is 220 Å². The second-order valence-electron chi connectivity index (χ2n) is 8.52. The number of anilines is 2. The van der Waals surface area contributed by atoms with Crippen molar-refractivity contribution >= 4 is 40.8 Å². The highest BCUT2D eigenvalue weighted by Crippen LogP contribution is 2.45. The summed E-state index contributed by atoms with van der Waals surface area (Å²) in [6.07, 6.45) is -4.96. The van der Waals surface area contributed by atoms with Gasteiger partial charge in [0.1, 0.15) is 11.6 Å². The Hall–Kier alpha value is -4.19. The monoisotopic (exact) mass is 553 g/mol. The van der Waals surface area contributed by atoms with Crippen molar-refractivity contribution < 1.29 is 40.4 Å². The number of hydrogen-bond donors (Lipinski definition) is 3. The first kappa shape index (κ1) is 21.9. The Morgan fingerprint density at radius 2 is 1.89 bits per heavy atom. The van der Waals surface area contributed by atoms with Gasteiger partial charge in [-0.25, -0.2) is 13.6 Å². The summed E-state index contributed by atoms with van der Waals surface area (Å²) in [6.45, 7) is -3.43. The van der Waals surface area contributed by atoms with E-state index in [1.54, 1.807) is 0 Å². The standard InChI is InChI=1S/C25H16ClF5N4O3/c1-35-9-11-6-17(32-22(36)10-4-12(25(29,30)31)7-14(28)5-10)18-19(20(11)34-24(35)38)23(37)33-21(18)15-8-13(27)2-3-16(15)26/h2-8,21H,9H2,1H3,(H,32,36)(H,33,37)(H,34,38)/t21-/m1/s1/i1D3. The first-order valence-corrected chi connectivity index (χ1v) is 11.2. The van der Waals surface area contributed by atoms with Gasteiger partial charge in [-0.1, -0.05) is 11.6 Å². The fourth-order valence-corrected chi connectivity index (χ4v) is 4.63. The molecule has 2 aliphatic rings. The fourth-order valence-electron chi connectivity index (χ4n) is 4.40. The molecular formula is C25H16ClF5N4O3. The van der Waals surface area contributed by atoms with E-state index in [2.05, 4.69) is 16.0 Å². The molecule has 2 heterocycles. The van der Waals surface area contributed by atoms with Gasteiger partial charge in [0.25, 0.3) is 11.8 Å². The number of nitrogens with one attached hydrogen (secondary N) is 3. The minimum atomic E-state index is -4.96. The molecule has 0 spiro atoms. The van der Waals surface area contributed by atoms with E-state index in [4.69, 9.17) is 15.7 Å². The Balaban J connectivity index is 1.68. The number of benzene rings is 3. The van der Waals surface area contributed by atoms with Gasteiger partial charge in [-0.05, 0) is 48.0 Å². The normalized spacial score (nSPS) is 18.0. The fraction of sp³-hybridized carbons (Fsp3) is 0.160. The van der Waals surface area contributed by atoms with E-state index < -0.39 is 66.3 Å². The number of alkyl halides is 3. The molecule has 0 saturated carbocycles. The Morgan fingerprint density at radius 1 is 1.13 bits per heavy atom. The van der Waals surface area contributed by atoms with E-state index in [1.807, 2.05) is 0 Å². The largest absolute Gasteiger partial charge is 0.416 e. The highest BCUT2D eigenvalue weighted by atomic mass is 35.5. The maximum Gasteiger partial charge on any atom is 0.416 e. The number of hydrogen-bond acceptors (Lipinski definition) is 3. The molecule has 0 bridgehead atoms. The molecule has 0 aliphatic carbocycles. The molecule has 38 heavy (non-hydrogen) atoms. The molecular weight excluding hydrogens is 535 g/mol. The third kappa shape index (κ3) is 4.40. The molecule has 0 saturated heterocycles. The van der Waals surface area contributed by atoms with Crippen LogP contribution in [0, 0.1) is 11.6 Å². The zero-order chi connectivity index (χ0) is 30.0. The predicted octanol–water partition coefficient (Wildman–Crippen LogP) is 5.70. The van der Waals surface area contributed by atoms with E-state index in [9.17, 15) is 36.3 Å². The van der Waals surface area contributed by atoms with Crippen molar-refractivity contribution in [2.45, 2.75) is 18.8 Å². The predicted molar refractivity (Wildman–Crippen MR) is 127 cm³/mol. The first-order chi connectivity index (χ1) is 19.0. The SMILES string of the molecule is [2H]C([2H])([2H])N1Cc2cc(NC(=O)c3cc(F)cc(C(F)(F)F)c3)c3c(c2NC1=O)C(=O)N[C@@H]3c1cc(F)ccc1Cl. The van der Waals surface area contributed by atoms with Gasteiger partial charge in [0.05, 0.1) is 22.9 Å². The average Bonchev–Trinajstić information content (AvgIpc) is 3.21. The minimum Gasteiger partial charge on any atom is -0.341 e.